The van der Waals surface area contributed by atoms with E-state index in [1.165, 1.54) is 44.7 Å². The van der Waals surface area contributed by atoms with Crippen molar-refractivity contribution < 1.29 is 0 Å². The summed E-state index contributed by atoms with van der Waals surface area (Å²) in [5, 5.41) is 13.0. The van der Waals surface area contributed by atoms with Crippen LogP contribution < -0.4 is 10.9 Å². The Kier molecular flexibility index (Phi) is 5.34. The number of thioether (sulfide) groups is 1. The number of nitrogens with one attached hydrogen (secondary N) is 1. The molecule has 4 aromatic rings. The van der Waals surface area contributed by atoms with Gasteiger partial charge >= 0.3 is 0 Å². The first-order valence-electron chi connectivity index (χ1n) is 8.47. The monoisotopic (exact) mass is 429 g/mol. The third-order valence-electron chi connectivity index (χ3n) is 4.27. The average Bonchev–Trinajstić information content (AvgIpc) is 3.12. The summed E-state index contributed by atoms with van der Waals surface area (Å²) in [5.74, 6) is 0.534. The molecule has 0 amide bonds. The van der Waals surface area contributed by atoms with Crippen molar-refractivity contribution in [3.8, 4) is 0 Å². The molecule has 0 saturated carbocycles. The van der Waals surface area contributed by atoms with Crippen LogP contribution in [0.2, 0.25) is 5.02 Å². The molecule has 4 rings (SSSR count). The van der Waals surface area contributed by atoms with E-state index in [0.29, 0.717) is 22.1 Å². The molecule has 1 aromatic carbocycles. The van der Waals surface area contributed by atoms with Gasteiger partial charge in [-0.1, -0.05) is 46.8 Å². The third-order valence-corrected chi connectivity index (χ3v) is 6.50. The van der Waals surface area contributed by atoms with Crippen LogP contribution in [0.15, 0.2) is 51.7 Å². The molecule has 3 aromatic heterocycles. The highest BCUT2D eigenvalue weighted by atomic mass is 35.5. The van der Waals surface area contributed by atoms with Gasteiger partial charge in [0.1, 0.15) is 5.65 Å². The highest BCUT2D eigenvalue weighted by Gasteiger charge is 2.09. The summed E-state index contributed by atoms with van der Waals surface area (Å²) in [6.45, 7) is 4.15. The predicted molar refractivity (Wildman–Crippen MR) is 115 cm³/mol. The van der Waals surface area contributed by atoms with E-state index in [1.54, 1.807) is 18.3 Å². The summed E-state index contributed by atoms with van der Waals surface area (Å²) in [7, 11) is 0. The van der Waals surface area contributed by atoms with Crippen molar-refractivity contribution in [2.75, 3.05) is 5.32 Å². The van der Waals surface area contributed by atoms with E-state index in [1.807, 2.05) is 12.1 Å². The normalized spacial score (nSPS) is 11.1. The van der Waals surface area contributed by atoms with Crippen molar-refractivity contribution in [3.63, 3.8) is 0 Å². The number of hydrogen-bond donors (Lipinski definition) is 1. The molecule has 0 radical (unpaired) electrons. The number of fused-ring (bicyclic) bond motifs is 1. The second kappa shape index (κ2) is 7.90. The fourth-order valence-corrected chi connectivity index (χ4v) is 4.47. The van der Waals surface area contributed by atoms with Gasteiger partial charge in [0.15, 0.2) is 4.34 Å². The highest BCUT2D eigenvalue weighted by Crippen LogP contribution is 2.30. The molecule has 0 fully saturated rings. The molecule has 9 heteroatoms. The van der Waals surface area contributed by atoms with Crippen LogP contribution in [0, 0.1) is 13.8 Å². The Bertz CT molecular complexity index is 1220. The van der Waals surface area contributed by atoms with E-state index in [-0.39, 0.29) is 5.56 Å². The van der Waals surface area contributed by atoms with Crippen molar-refractivity contribution in [2.45, 2.75) is 23.9 Å². The largest absolute Gasteiger partial charge is 0.330 e. The van der Waals surface area contributed by atoms with Crippen LogP contribution in [-0.2, 0) is 5.75 Å². The molecule has 1 N–H and O–H groups in total. The smallest absolute Gasteiger partial charge is 0.258 e. The minimum Gasteiger partial charge on any atom is -0.330 e. The Hall–Kier alpha value is -2.42. The van der Waals surface area contributed by atoms with Gasteiger partial charge in [0.05, 0.1) is 10.7 Å². The SMILES string of the molecule is Cc1cccc(Nc2nnc(SCc3cc(=O)n4cc(Cl)ccc4n3)s2)c1C. The lowest BCUT2D eigenvalue weighted by Crippen LogP contribution is -2.14. The number of benzene rings is 1. The second-order valence-electron chi connectivity index (χ2n) is 6.20. The molecular weight excluding hydrogens is 414 g/mol. The molecule has 0 unspecified atom stereocenters. The van der Waals surface area contributed by atoms with E-state index in [4.69, 9.17) is 11.6 Å². The van der Waals surface area contributed by atoms with Gasteiger partial charge in [-0.15, -0.1) is 10.2 Å². The van der Waals surface area contributed by atoms with Crippen LogP contribution in [-0.4, -0.2) is 19.6 Å². The quantitative estimate of drug-likeness (QED) is 0.457. The Morgan fingerprint density at radius 1 is 1.21 bits per heavy atom. The zero-order valence-corrected chi connectivity index (χ0v) is 17.5. The van der Waals surface area contributed by atoms with Crippen LogP contribution in [0.25, 0.3) is 5.65 Å². The third kappa shape index (κ3) is 4.04. The molecule has 3 heterocycles. The maximum Gasteiger partial charge on any atom is 0.258 e. The molecule has 0 aliphatic heterocycles. The van der Waals surface area contributed by atoms with Gasteiger partial charge in [-0.2, -0.15) is 0 Å². The summed E-state index contributed by atoms with van der Waals surface area (Å²) in [6.07, 6.45) is 1.57. The van der Waals surface area contributed by atoms with Crippen molar-refractivity contribution in [2.24, 2.45) is 0 Å². The molecule has 0 aliphatic rings. The first kappa shape index (κ1) is 18.9. The molecule has 0 atom stereocenters. The Morgan fingerprint density at radius 2 is 2.07 bits per heavy atom. The molecule has 0 aliphatic carbocycles. The van der Waals surface area contributed by atoms with Gasteiger partial charge in [-0.3, -0.25) is 9.20 Å². The Labute approximate surface area is 174 Å². The standard InChI is InChI=1S/C19H16ClN5OS2/c1-11-4-3-5-15(12(11)2)22-18-23-24-19(28-18)27-10-14-8-17(26)25-9-13(20)6-7-16(25)21-14/h3-9H,10H2,1-2H3,(H,22,23). The minimum atomic E-state index is -0.155. The number of hydrogen-bond acceptors (Lipinski definition) is 7. The summed E-state index contributed by atoms with van der Waals surface area (Å²) in [4.78, 5) is 16.8. The number of nitrogens with zero attached hydrogens (tertiary/aromatic N) is 4. The molecule has 6 nitrogen and oxygen atoms in total. The van der Waals surface area contributed by atoms with Gasteiger partial charge in [-0.25, -0.2) is 4.98 Å². The van der Waals surface area contributed by atoms with Gasteiger partial charge in [0.2, 0.25) is 5.13 Å². The number of aromatic nitrogens is 4. The molecule has 0 spiro atoms. The molecular formula is C19H16ClN5OS2. The van der Waals surface area contributed by atoms with Gasteiger partial charge in [0, 0.05) is 23.7 Å². The topological polar surface area (TPSA) is 72.2 Å². The summed E-state index contributed by atoms with van der Waals surface area (Å²) >= 11 is 8.91. The molecule has 28 heavy (non-hydrogen) atoms. The van der Waals surface area contributed by atoms with Gasteiger partial charge in [0.25, 0.3) is 5.56 Å². The molecule has 142 valence electrons. The lowest BCUT2D eigenvalue weighted by molar-refractivity contribution is 1.00. The lowest BCUT2D eigenvalue weighted by atomic mass is 10.1. The minimum absolute atomic E-state index is 0.155. The van der Waals surface area contributed by atoms with E-state index in [0.717, 1.165) is 15.2 Å². The van der Waals surface area contributed by atoms with Crippen molar-refractivity contribution >= 4 is 51.2 Å². The highest BCUT2D eigenvalue weighted by molar-refractivity contribution is 8.00. The number of anilines is 2. The lowest BCUT2D eigenvalue weighted by Gasteiger charge is -2.08. The van der Waals surface area contributed by atoms with E-state index in [9.17, 15) is 4.79 Å². The summed E-state index contributed by atoms with van der Waals surface area (Å²) in [6, 6.07) is 11.1. The van der Waals surface area contributed by atoms with E-state index in [2.05, 4.69) is 40.4 Å². The Balaban J connectivity index is 1.47. The summed E-state index contributed by atoms with van der Waals surface area (Å²) in [5.41, 5.74) is 4.54. The van der Waals surface area contributed by atoms with Crippen molar-refractivity contribution in [1.82, 2.24) is 19.6 Å². The first-order chi connectivity index (χ1) is 13.5. The first-order valence-corrected chi connectivity index (χ1v) is 10.6. The summed E-state index contributed by atoms with van der Waals surface area (Å²) < 4.78 is 2.25. The molecule has 0 bridgehead atoms. The van der Waals surface area contributed by atoms with Crippen LogP contribution in [0.1, 0.15) is 16.8 Å². The zero-order valence-electron chi connectivity index (χ0n) is 15.1. The average molecular weight is 430 g/mol. The van der Waals surface area contributed by atoms with Gasteiger partial charge < -0.3 is 5.32 Å². The van der Waals surface area contributed by atoms with Crippen molar-refractivity contribution in [1.29, 1.82) is 0 Å². The van der Waals surface area contributed by atoms with Crippen molar-refractivity contribution in [3.05, 3.63) is 74.8 Å². The van der Waals surface area contributed by atoms with E-state index < -0.39 is 0 Å². The maximum absolute atomic E-state index is 12.2. The number of rotatable bonds is 5. The Morgan fingerprint density at radius 3 is 2.93 bits per heavy atom. The zero-order chi connectivity index (χ0) is 19.7. The van der Waals surface area contributed by atoms with Crippen LogP contribution >= 0.6 is 34.7 Å². The number of pyridine rings is 1. The van der Waals surface area contributed by atoms with Crippen LogP contribution in [0.5, 0.6) is 0 Å². The van der Waals surface area contributed by atoms with Crippen LogP contribution in [0.4, 0.5) is 10.8 Å². The maximum atomic E-state index is 12.2. The predicted octanol–water partition coefficient (Wildman–Crippen LogP) is 4.85. The fourth-order valence-electron chi connectivity index (χ4n) is 2.66. The molecule has 0 saturated heterocycles. The van der Waals surface area contributed by atoms with Gasteiger partial charge in [-0.05, 0) is 43.2 Å². The number of aryl methyl sites for hydroxylation is 1. The number of halogens is 1. The van der Waals surface area contributed by atoms with E-state index >= 15 is 0 Å². The van der Waals surface area contributed by atoms with Crippen LogP contribution in [0.3, 0.4) is 0 Å². The second-order valence-corrected chi connectivity index (χ2v) is 8.83. The fraction of sp³-hybridized carbons (Fsp3) is 0.158.